The Labute approximate surface area is 170 Å². The molecule has 150 valence electrons. The van der Waals surface area contributed by atoms with Crippen molar-refractivity contribution in [3.63, 3.8) is 0 Å². The molecule has 1 aliphatic rings. The van der Waals surface area contributed by atoms with Crippen molar-refractivity contribution in [2.24, 2.45) is 0 Å². The lowest BCUT2D eigenvalue weighted by Gasteiger charge is -2.30. The number of rotatable bonds is 6. The molecule has 1 atom stereocenters. The lowest BCUT2D eigenvalue weighted by Crippen LogP contribution is -2.46. The quantitative estimate of drug-likeness (QED) is 0.664. The molecule has 2 amide bonds. The van der Waals surface area contributed by atoms with E-state index in [1.54, 1.807) is 18.2 Å². The highest BCUT2D eigenvalue weighted by Gasteiger charge is 2.38. The summed E-state index contributed by atoms with van der Waals surface area (Å²) in [7, 11) is 0. The van der Waals surface area contributed by atoms with E-state index >= 15 is 0 Å². The molecular weight excluding hydrogens is 395 g/mol. The van der Waals surface area contributed by atoms with Crippen LogP contribution in [0.4, 0.5) is 10.1 Å². The number of hydrogen-bond acceptors (Lipinski definition) is 6. The van der Waals surface area contributed by atoms with E-state index in [0.29, 0.717) is 0 Å². The van der Waals surface area contributed by atoms with Crippen molar-refractivity contribution in [1.29, 1.82) is 0 Å². The van der Waals surface area contributed by atoms with Crippen molar-refractivity contribution < 1.29 is 18.4 Å². The number of nitrogens with zero attached hydrogens (tertiary/aromatic N) is 3. The van der Waals surface area contributed by atoms with Crippen molar-refractivity contribution in [3.8, 4) is 0 Å². The van der Waals surface area contributed by atoms with Crippen molar-refractivity contribution >= 4 is 29.0 Å². The summed E-state index contributed by atoms with van der Waals surface area (Å²) in [5, 5.41) is 8.26. The fourth-order valence-electron chi connectivity index (χ4n) is 3.56. The average Bonchev–Trinajstić information content (AvgIpc) is 3.49. The predicted octanol–water partition coefficient (Wildman–Crippen LogP) is 3.72. The summed E-state index contributed by atoms with van der Waals surface area (Å²) in [4.78, 5) is 27.6. The van der Waals surface area contributed by atoms with Gasteiger partial charge in [-0.1, -0.05) is 29.5 Å². The van der Waals surface area contributed by atoms with Gasteiger partial charge in [0, 0.05) is 11.4 Å². The zero-order chi connectivity index (χ0) is 20.2. The monoisotopic (exact) mass is 414 g/mol. The molecule has 0 spiro atoms. The molecule has 0 radical (unpaired) electrons. The van der Waals surface area contributed by atoms with E-state index in [2.05, 4.69) is 14.9 Å². The number of anilines is 1. The van der Waals surface area contributed by atoms with Crippen LogP contribution in [0.15, 0.2) is 52.5 Å². The number of hydrogen-bond donors (Lipinski definition) is 1. The van der Waals surface area contributed by atoms with E-state index in [4.69, 9.17) is 4.42 Å². The summed E-state index contributed by atoms with van der Waals surface area (Å²) < 4.78 is 23.9. The molecule has 0 aliphatic heterocycles. The van der Waals surface area contributed by atoms with Gasteiger partial charge in [-0.15, -0.1) is 5.10 Å². The minimum Gasteiger partial charge on any atom is -0.467 e. The summed E-state index contributed by atoms with van der Waals surface area (Å²) in [6, 6.07) is 7.88. The van der Waals surface area contributed by atoms with Crippen molar-refractivity contribution in [2.45, 2.75) is 37.8 Å². The van der Waals surface area contributed by atoms with Crippen molar-refractivity contribution in [2.75, 3.05) is 4.90 Å². The number of amides is 2. The highest BCUT2D eigenvalue weighted by atomic mass is 32.1. The van der Waals surface area contributed by atoms with Gasteiger partial charge in [0.1, 0.15) is 11.6 Å². The van der Waals surface area contributed by atoms with E-state index in [0.717, 1.165) is 42.1 Å². The second-order valence-electron chi connectivity index (χ2n) is 6.82. The van der Waals surface area contributed by atoms with E-state index < -0.39 is 23.7 Å². The minimum absolute atomic E-state index is 0.0264. The first kappa shape index (κ1) is 19.3. The number of benzene rings is 1. The molecule has 0 saturated heterocycles. The lowest BCUT2D eigenvalue weighted by molar-refractivity contribution is -0.123. The molecule has 1 saturated carbocycles. The van der Waals surface area contributed by atoms with Gasteiger partial charge >= 0.3 is 0 Å². The van der Waals surface area contributed by atoms with Gasteiger partial charge in [0.2, 0.25) is 0 Å². The number of nitrogens with one attached hydrogen (secondary N) is 1. The van der Waals surface area contributed by atoms with Crippen LogP contribution < -0.4 is 10.2 Å². The van der Waals surface area contributed by atoms with E-state index in [9.17, 15) is 14.0 Å². The topological polar surface area (TPSA) is 88.3 Å². The maximum atomic E-state index is 14.7. The van der Waals surface area contributed by atoms with Crippen LogP contribution >= 0.6 is 11.5 Å². The zero-order valence-electron chi connectivity index (χ0n) is 15.5. The molecule has 2 heterocycles. The molecule has 4 rings (SSSR count). The number of carbonyl (C=O) groups is 2. The first-order valence-electron chi connectivity index (χ1n) is 9.34. The Morgan fingerprint density at radius 3 is 2.66 bits per heavy atom. The number of para-hydroxylation sites is 1. The Kier molecular flexibility index (Phi) is 5.66. The van der Waals surface area contributed by atoms with Gasteiger partial charge in [0.05, 0.1) is 12.0 Å². The molecule has 1 fully saturated rings. The third kappa shape index (κ3) is 4.04. The normalized spacial score (nSPS) is 15.2. The summed E-state index contributed by atoms with van der Waals surface area (Å²) in [5.41, 5.74) is -0.00283. The third-order valence-electron chi connectivity index (χ3n) is 4.93. The minimum atomic E-state index is -1.18. The van der Waals surface area contributed by atoms with Crippen LogP contribution in [0.3, 0.4) is 0 Å². The van der Waals surface area contributed by atoms with Gasteiger partial charge in [-0.3, -0.25) is 14.5 Å². The summed E-state index contributed by atoms with van der Waals surface area (Å²) in [5.74, 6) is -1.45. The molecule has 1 aromatic carbocycles. The van der Waals surface area contributed by atoms with Gasteiger partial charge in [-0.25, -0.2) is 4.39 Å². The maximum absolute atomic E-state index is 14.7. The first-order valence-corrected chi connectivity index (χ1v) is 10.2. The Morgan fingerprint density at radius 2 is 2.00 bits per heavy atom. The van der Waals surface area contributed by atoms with Gasteiger partial charge in [-0.05, 0) is 48.6 Å². The second kappa shape index (κ2) is 8.52. The maximum Gasteiger partial charge on any atom is 0.280 e. The third-order valence-corrected chi connectivity index (χ3v) is 5.44. The van der Waals surface area contributed by atoms with Gasteiger partial charge in [-0.2, -0.15) is 0 Å². The lowest BCUT2D eigenvalue weighted by atomic mass is 10.1. The number of carbonyl (C=O) groups excluding carboxylic acids is 2. The van der Waals surface area contributed by atoms with Gasteiger partial charge in [0.15, 0.2) is 11.7 Å². The van der Waals surface area contributed by atoms with Crippen LogP contribution in [0.1, 0.15) is 48.0 Å². The number of aromatic nitrogens is 2. The number of halogens is 1. The van der Waals surface area contributed by atoms with Gasteiger partial charge in [0.25, 0.3) is 11.8 Å². The predicted molar refractivity (Wildman–Crippen MR) is 105 cm³/mol. The zero-order valence-corrected chi connectivity index (χ0v) is 16.3. The molecule has 1 aliphatic carbocycles. The first-order chi connectivity index (χ1) is 14.1. The van der Waals surface area contributed by atoms with E-state index in [1.165, 1.54) is 29.8 Å². The fraction of sp³-hybridized carbons (Fsp3) is 0.300. The van der Waals surface area contributed by atoms with E-state index in [1.807, 2.05) is 0 Å². The van der Waals surface area contributed by atoms with Crippen molar-refractivity contribution in [3.05, 3.63) is 65.3 Å². The standard InChI is InChI=1S/C20H19FN4O3S/c21-14-8-3-4-9-16(14)25(20(27)15-12-29-24-23-15)18(17-10-5-11-28-17)19(26)22-13-6-1-2-7-13/h3-5,8-13,18H,1-2,6-7H2,(H,22,26). The van der Waals surface area contributed by atoms with Crippen LogP contribution in [0.2, 0.25) is 0 Å². The fourth-order valence-corrected chi connectivity index (χ4v) is 3.99. The smallest absolute Gasteiger partial charge is 0.280 e. The molecular formula is C20H19FN4O3S. The molecule has 3 aromatic rings. The summed E-state index contributed by atoms with van der Waals surface area (Å²) in [6.45, 7) is 0. The van der Waals surface area contributed by atoms with E-state index in [-0.39, 0.29) is 23.2 Å². The Hall–Kier alpha value is -3.07. The molecule has 2 aromatic heterocycles. The van der Waals surface area contributed by atoms with Crippen molar-refractivity contribution in [1.82, 2.24) is 14.9 Å². The van der Waals surface area contributed by atoms with Gasteiger partial charge < -0.3 is 9.73 Å². The van der Waals surface area contributed by atoms with Crippen LogP contribution in [-0.2, 0) is 4.79 Å². The van der Waals surface area contributed by atoms with Crippen LogP contribution in [0.5, 0.6) is 0 Å². The molecule has 29 heavy (non-hydrogen) atoms. The Balaban J connectivity index is 1.78. The molecule has 1 N–H and O–H groups in total. The highest BCUT2D eigenvalue weighted by Crippen LogP contribution is 2.32. The van der Waals surface area contributed by atoms with Crippen LogP contribution in [-0.4, -0.2) is 27.4 Å². The SMILES string of the molecule is O=C(NC1CCCC1)C(c1ccco1)N(C(=O)c1csnn1)c1ccccc1F. The largest absolute Gasteiger partial charge is 0.467 e. The average molecular weight is 414 g/mol. The molecule has 1 unspecified atom stereocenters. The van der Waals surface area contributed by atoms with Crippen LogP contribution in [0.25, 0.3) is 0 Å². The summed E-state index contributed by atoms with van der Waals surface area (Å²) in [6.07, 6.45) is 5.24. The second-order valence-corrected chi connectivity index (χ2v) is 7.43. The van der Waals surface area contributed by atoms with Crippen LogP contribution in [0, 0.1) is 5.82 Å². The number of furan rings is 1. The molecule has 9 heteroatoms. The summed E-state index contributed by atoms with van der Waals surface area (Å²) >= 11 is 1.00. The Morgan fingerprint density at radius 1 is 1.21 bits per heavy atom. The molecule has 7 nitrogen and oxygen atoms in total. The Bertz CT molecular complexity index is 972. The molecule has 0 bridgehead atoms. The highest BCUT2D eigenvalue weighted by molar-refractivity contribution is 7.03.